The average molecular weight is 360 g/mol. The molecule has 0 unspecified atom stereocenters. The van der Waals surface area contributed by atoms with Gasteiger partial charge in [0.25, 0.3) is 0 Å². The summed E-state index contributed by atoms with van der Waals surface area (Å²) in [5.74, 6) is 2.86. The van der Waals surface area contributed by atoms with Gasteiger partial charge in [0.2, 0.25) is 0 Å². The van der Waals surface area contributed by atoms with Crippen LogP contribution in [-0.2, 0) is 11.3 Å². The van der Waals surface area contributed by atoms with Gasteiger partial charge in [-0.15, -0.1) is 0 Å². The minimum absolute atomic E-state index is 0.131. The highest BCUT2D eigenvalue weighted by atomic mass is 16.6. The highest BCUT2D eigenvalue weighted by Gasteiger charge is 2.33. The summed E-state index contributed by atoms with van der Waals surface area (Å²) in [6.45, 7) is 3.23. The van der Waals surface area contributed by atoms with Crippen molar-refractivity contribution in [2.75, 3.05) is 40.1 Å². The highest BCUT2D eigenvalue weighted by Crippen LogP contribution is 2.42. The lowest BCUT2D eigenvalue weighted by Crippen LogP contribution is -2.37. The second-order valence-corrected chi connectivity index (χ2v) is 6.85. The number of hydrogen-bond acceptors (Lipinski definition) is 6. The molecule has 7 heteroatoms. The van der Waals surface area contributed by atoms with Crippen molar-refractivity contribution in [3.8, 4) is 28.6 Å². The van der Waals surface area contributed by atoms with Crippen LogP contribution in [0.2, 0.25) is 0 Å². The van der Waals surface area contributed by atoms with Gasteiger partial charge in [0, 0.05) is 43.6 Å². The summed E-state index contributed by atoms with van der Waals surface area (Å²) >= 11 is 0. The summed E-state index contributed by atoms with van der Waals surface area (Å²) in [5, 5.41) is 10.0. The lowest BCUT2D eigenvalue weighted by Gasteiger charge is -2.36. The quantitative estimate of drug-likeness (QED) is 0.880. The van der Waals surface area contributed by atoms with Crippen LogP contribution in [0.25, 0.3) is 11.4 Å². The summed E-state index contributed by atoms with van der Waals surface area (Å²) in [6.07, 6.45) is 5.38. The van der Waals surface area contributed by atoms with Gasteiger partial charge in [0.05, 0.1) is 19.3 Å². The topological polar surface area (TPSA) is 75.0 Å². The zero-order chi connectivity index (χ0) is 18.0. The zero-order valence-electron chi connectivity index (χ0n) is 14.9. The largest absolute Gasteiger partial charge is 0.496 e. The van der Waals surface area contributed by atoms with E-state index in [2.05, 4.69) is 9.55 Å². The number of aliphatic hydroxyl groups is 1. The van der Waals surface area contributed by atoms with E-state index in [4.69, 9.17) is 18.9 Å². The van der Waals surface area contributed by atoms with Gasteiger partial charge in [-0.1, -0.05) is 0 Å². The van der Waals surface area contributed by atoms with E-state index in [1.165, 1.54) is 0 Å². The van der Waals surface area contributed by atoms with Crippen LogP contribution < -0.4 is 14.2 Å². The molecule has 1 saturated heterocycles. The van der Waals surface area contributed by atoms with Crippen LogP contribution in [0.5, 0.6) is 17.2 Å². The summed E-state index contributed by atoms with van der Waals surface area (Å²) in [7, 11) is 1.63. The molecule has 2 aliphatic heterocycles. The number of ether oxygens (including phenoxy) is 4. The number of benzene rings is 1. The van der Waals surface area contributed by atoms with Crippen molar-refractivity contribution in [3.05, 3.63) is 24.5 Å². The first kappa shape index (κ1) is 17.2. The van der Waals surface area contributed by atoms with E-state index in [9.17, 15) is 5.11 Å². The maximum atomic E-state index is 10.0. The van der Waals surface area contributed by atoms with Crippen molar-refractivity contribution in [3.63, 3.8) is 0 Å². The third kappa shape index (κ3) is 3.12. The van der Waals surface area contributed by atoms with Gasteiger partial charge in [-0.2, -0.15) is 0 Å². The Bertz CT molecular complexity index is 767. The molecule has 0 aliphatic carbocycles. The van der Waals surface area contributed by atoms with E-state index < -0.39 is 0 Å². The van der Waals surface area contributed by atoms with Crippen LogP contribution in [-0.4, -0.2) is 54.8 Å². The summed E-state index contributed by atoms with van der Waals surface area (Å²) in [5.41, 5.74) is 0.663. The first-order chi connectivity index (χ1) is 12.7. The molecule has 0 radical (unpaired) electrons. The Hall–Kier alpha value is -2.25. The normalized spacial score (nSPS) is 18.5. The van der Waals surface area contributed by atoms with Gasteiger partial charge < -0.3 is 28.6 Å². The third-order valence-corrected chi connectivity index (χ3v) is 5.22. The SMILES string of the molecule is COc1cc2c(cc1-c1nccn1CC1(CO)CCOCC1)OCCO2. The lowest BCUT2D eigenvalue weighted by molar-refractivity contribution is -0.0250. The van der Waals surface area contributed by atoms with Gasteiger partial charge in [-0.25, -0.2) is 4.98 Å². The van der Waals surface area contributed by atoms with Crippen molar-refractivity contribution in [1.29, 1.82) is 0 Å². The molecule has 26 heavy (non-hydrogen) atoms. The molecule has 0 amide bonds. The smallest absolute Gasteiger partial charge is 0.165 e. The van der Waals surface area contributed by atoms with Gasteiger partial charge in [-0.3, -0.25) is 0 Å². The van der Waals surface area contributed by atoms with Gasteiger partial charge >= 0.3 is 0 Å². The monoisotopic (exact) mass is 360 g/mol. The molecule has 0 spiro atoms. The van der Waals surface area contributed by atoms with E-state index in [1.807, 2.05) is 18.3 Å². The van der Waals surface area contributed by atoms with Crippen molar-refractivity contribution in [2.24, 2.45) is 5.41 Å². The molecule has 0 atom stereocenters. The number of hydrogen-bond donors (Lipinski definition) is 1. The minimum Gasteiger partial charge on any atom is -0.496 e. The molecule has 1 N–H and O–H groups in total. The molecule has 7 nitrogen and oxygen atoms in total. The Balaban J connectivity index is 1.70. The molecule has 1 aromatic heterocycles. The summed E-state index contributed by atoms with van der Waals surface area (Å²) in [4.78, 5) is 4.55. The fourth-order valence-electron chi connectivity index (χ4n) is 3.63. The molecule has 3 heterocycles. The van der Waals surface area contributed by atoms with Crippen LogP contribution >= 0.6 is 0 Å². The first-order valence-corrected chi connectivity index (χ1v) is 8.92. The third-order valence-electron chi connectivity index (χ3n) is 5.22. The number of imidazole rings is 1. The lowest BCUT2D eigenvalue weighted by atomic mass is 9.81. The number of rotatable bonds is 5. The standard InChI is InChI=1S/C19H24N2O5/c1-23-15-11-17-16(25-8-9-26-17)10-14(15)18-20-4-5-21(18)12-19(13-22)2-6-24-7-3-19/h4-5,10-11,22H,2-3,6-9,12-13H2,1H3. The van der Waals surface area contributed by atoms with E-state index in [-0.39, 0.29) is 12.0 Å². The Morgan fingerprint density at radius 2 is 1.88 bits per heavy atom. The molecule has 2 aromatic rings. The summed E-state index contributed by atoms with van der Waals surface area (Å²) < 4.78 is 24.5. The molecule has 1 aromatic carbocycles. The second kappa shape index (κ2) is 7.17. The second-order valence-electron chi connectivity index (χ2n) is 6.85. The maximum Gasteiger partial charge on any atom is 0.165 e. The van der Waals surface area contributed by atoms with Gasteiger partial charge in [0.1, 0.15) is 24.8 Å². The van der Waals surface area contributed by atoms with Crippen LogP contribution in [0.1, 0.15) is 12.8 Å². The molecular formula is C19H24N2O5. The molecule has 0 saturated carbocycles. The Morgan fingerprint density at radius 3 is 2.58 bits per heavy atom. The van der Waals surface area contributed by atoms with Crippen molar-refractivity contribution >= 4 is 0 Å². The molecular weight excluding hydrogens is 336 g/mol. The van der Waals surface area contributed by atoms with Crippen LogP contribution in [0, 0.1) is 5.41 Å². The average Bonchev–Trinajstić information content (AvgIpc) is 3.15. The van der Waals surface area contributed by atoms with E-state index in [0.29, 0.717) is 50.2 Å². The Kier molecular flexibility index (Phi) is 4.74. The molecule has 0 bridgehead atoms. The van der Waals surface area contributed by atoms with Crippen LogP contribution in [0.15, 0.2) is 24.5 Å². The van der Waals surface area contributed by atoms with Crippen LogP contribution in [0.3, 0.4) is 0 Å². The van der Waals surface area contributed by atoms with Crippen LogP contribution in [0.4, 0.5) is 0 Å². The van der Waals surface area contributed by atoms with Gasteiger partial charge in [0.15, 0.2) is 11.5 Å². The molecule has 4 rings (SSSR count). The predicted molar refractivity (Wildman–Crippen MR) is 94.8 cm³/mol. The predicted octanol–water partition coefficient (Wildman–Crippen LogP) is 2.12. The summed E-state index contributed by atoms with van der Waals surface area (Å²) in [6, 6.07) is 3.76. The molecule has 1 fully saturated rings. The zero-order valence-corrected chi connectivity index (χ0v) is 14.9. The van der Waals surface area contributed by atoms with E-state index in [1.54, 1.807) is 13.3 Å². The van der Waals surface area contributed by atoms with E-state index in [0.717, 1.165) is 24.2 Å². The Morgan fingerprint density at radius 1 is 1.15 bits per heavy atom. The molecule has 140 valence electrons. The van der Waals surface area contributed by atoms with Crippen molar-refractivity contribution in [2.45, 2.75) is 19.4 Å². The highest BCUT2D eigenvalue weighted by molar-refractivity contribution is 5.70. The number of methoxy groups -OCH3 is 1. The number of aromatic nitrogens is 2. The fraction of sp³-hybridized carbons (Fsp3) is 0.526. The fourth-order valence-corrected chi connectivity index (χ4v) is 3.63. The molecule has 2 aliphatic rings. The number of aliphatic hydroxyl groups excluding tert-OH is 1. The van der Waals surface area contributed by atoms with Crippen molar-refractivity contribution in [1.82, 2.24) is 9.55 Å². The minimum atomic E-state index is -0.186. The first-order valence-electron chi connectivity index (χ1n) is 8.92. The van der Waals surface area contributed by atoms with E-state index >= 15 is 0 Å². The maximum absolute atomic E-state index is 10.0. The number of fused-ring (bicyclic) bond motifs is 1. The Labute approximate surface area is 152 Å². The number of nitrogens with zero attached hydrogens (tertiary/aromatic N) is 2. The van der Waals surface area contributed by atoms with Gasteiger partial charge in [-0.05, 0) is 18.9 Å². The van der Waals surface area contributed by atoms with Crippen molar-refractivity contribution < 1.29 is 24.1 Å².